The van der Waals surface area contributed by atoms with E-state index in [1.807, 2.05) is 83.1 Å². The number of halogens is 1. The SMILES string of the molecule is Cc1c(Cc2ccccc2)c(C)n(C(Cc2ccccc2)NC(=O)OC(C)(C)C)c(=O)c1Br. The topological polar surface area (TPSA) is 60.3 Å². The highest BCUT2D eigenvalue weighted by atomic mass is 79.9. The fourth-order valence-electron chi connectivity index (χ4n) is 3.89. The van der Waals surface area contributed by atoms with Crippen molar-refractivity contribution in [1.29, 1.82) is 0 Å². The molecule has 3 aromatic rings. The first kappa shape index (κ1) is 24.8. The predicted octanol–water partition coefficient (Wildman–Crippen LogP) is 6.08. The monoisotopic (exact) mass is 510 g/mol. The first-order chi connectivity index (χ1) is 15.6. The second-order valence-corrected chi connectivity index (χ2v) is 9.99. The molecule has 1 atom stereocenters. The number of benzene rings is 2. The van der Waals surface area contributed by atoms with Crippen LogP contribution >= 0.6 is 15.9 Å². The van der Waals surface area contributed by atoms with Crippen LogP contribution in [0.4, 0.5) is 4.79 Å². The van der Waals surface area contributed by atoms with Gasteiger partial charge in [0.25, 0.3) is 5.56 Å². The Morgan fingerprint density at radius 1 is 1.00 bits per heavy atom. The number of carbonyl (C=O) groups is 1. The van der Waals surface area contributed by atoms with Gasteiger partial charge >= 0.3 is 6.09 Å². The molecule has 0 saturated heterocycles. The molecule has 6 heteroatoms. The van der Waals surface area contributed by atoms with E-state index in [0.29, 0.717) is 17.3 Å². The number of rotatable bonds is 6. The van der Waals surface area contributed by atoms with Gasteiger partial charge in [-0.1, -0.05) is 60.7 Å². The van der Waals surface area contributed by atoms with Crippen molar-refractivity contribution in [2.24, 2.45) is 0 Å². The molecule has 0 bridgehead atoms. The molecule has 0 fully saturated rings. The zero-order chi connectivity index (χ0) is 24.2. The third kappa shape index (κ3) is 6.35. The number of hydrogen-bond acceptors (Lipinski definition) is 3. The van der Waals surface area contributed by atoms with Crippen LogP contribution in [0.25, 0.3) is 0 Å². The van der Waals surface area contributed by atoms with Crippen LogP contribution in [0.15, 0.2) is 69.9 Å². The molecule has 0 saturated carbocycles. The lowest BCUT2D eigenvalue weighted by Gasteiger charge is -2.28. The Balaban J connectivity index is 2.09. The van der Waals surface area contributed by atoms with Crippen molar-refractivity contribution in [3.8, 4) is 0 Å². The largest absolute Gasteiger partial charge is 0.444 e. The third-order valence-electron chi connectivity index (χ3n) is 5.48. The van der Waals surface area contributed by atoms with E-state index in [2.05, 4.69) is 33.4 Å². The van der Waals surface area contributed by atoms with Crippen molar-refractivity contribution < 1.29 is 9.53 Å². The summed E-state index contributed by atoms with van der Waals surface area (Å²) in [6.07, 6.45) is -0.0413. The van der Waals surface area contributed by atoms with Gasteiger partial charge in [-0.3, -0.25) is 9.36 Å². The maximum atomic E-state index is 13.4. The Morgan fingerprint density at radius 2 is 1.55 bits per heavy atom. The molecule has 0 spiro atoms. The van der Waals surface area contributed by atoms with E-state index >= 15 is 0 Å². The number of carbonyl (C=O) groups excluding carboxylic acids is 1. The first-order valence-corrected chi connectivity index (χ1v) is 11.8. The number of hydrogen-bond donors (Lipinski definition) is 1. The summed E-state index contributed by atoms with van der Waals surface area (Å²) in [5.74, 6) is 0. The smallest absolute Gasteiger partial charge is 0.409 e. The molecule has 1 heterocycles. The van der Waals surface area contributed by atoms with Gasteiger partial charge in [0.15, 0.2) is 0 Å². The lowest BCUT2D eigenvalue weighted by molar-refractivity contribution is 0.0479. The lowest BCUT2D eigenvalue weighted by atomic mass is 9.98. The summed E-state index contributed by atoms with van der Waals surface area (Å²) >= 11 is 3.52. The van der Waals surface area contributed by atoms with E-state index in [1.54, 1.807) is 4.57 Å². The van der Waals surface area contributed by atoms with Gasteiger partial charge in [-0.25, -0.2) is 4.79 Å². The minimum atomic E-state index is -0.645. The van der Waals surface area contributed by atoms with Crippen LogP contribution in [0.5, 0.6) is 0 Å². The second kappa shape index (κ2) is 10.4. The van der Waals surface area contributed by atoms with Crippen molar-refractivity contribution in [3.63, 3.8) is 0 Å². The van der Waals surface area contributed by atoms with Gasteiger partial charge in [0.1, 0.15) is 11.8 Å². The van der Waals surface area contributed by atoms with Crippen LogP contribution in [0.2, 0.25) is 0 Å². The van der Waals surface area contributed by atoms with Gasteiger partial charge in [0.2, 0.25) is 0 Å². The van der Waals surface area contributed by atoms with Crippen molar-refractivity contribution in [2.45, 2.75) is 59.2 Å². The fourth-order valence-corrected chi connectivity index (χ4v) is 4.32. The van der Waals surface area contributed by atoms with E-state index in [1.165, 1.54) is 0 Å². The molecule has 1 aromatic heterocycles. The highest BCUT2D eigenvalue weighted by Crippen LogP contribution is 2.25. The molecule has 0 aliphatic carbocycles. The highest BCUT2D eigenvalue weighted by Gasteiger charge is 2.25. The van der Waals surface area contributed by atoms with E-state index in [9.17, 15) is 9.59 Å². The van der Waals surface area contributed by atoms with Crippen molar-refractivity contribution >= 4 is 22.0 Å². The summed E-state index contributed by atoms with van der Waals surface area (Å²) < 4.78 is 7.69. The molecule has 0 radical (unpaired) electrons. The zero-order valence-electron chi connectivity index (χ0n) is 19.8. The quantitative estimate of drug-likeness (QED) is 0.436. The Labute approximate surface area is 203 Å². The van der Waals surface area contributed by atoms with Crippen LogP contribution < -0.4 is 10.9 Å². The predicted molar refractivity (Wildman–Crippen MR) is 136 cm³/mol. The molecule has 174 valence electrons. The van der Waals surface area contributed by atoms with Gasteiger partial charge in [0.05, 0.1) is 4.47 Å². The number of aromatic nitrogens is 1. The Kier molecular flexibility index (Phi) is 7.80. The van der Waals surface area contributed by atoms with Crippen molar-refractivity contribution in [1.82, 2.24) is 9.88 Å². The standard InChI is InChI=1S/C27H31BrN2O3/c1-18-22(16-20-12-8-6-9-13-20)19(2)30(25(31)24(18)28)23(17-21-14-10-7-11-15-21)29-26(32)33-27(3,4)5/h6-15,23H,16-17H2,1-5H3,(H,29,32). The van der Waals surface area contributed by atoms with E-state index in [0.717, 1.165) is 27.9 Å². The fraction of sp³-hybridized carbons (Fsp3) is 0.333. The molecule has 1 N–H and O–H groups in total. The van der Waals surface area contributed by atoms with Gasteiger partial charge < -0.3 is 10.1 Å². The minimum Gasteiger partial charge on any atom is -0.444 e. The van der Waals surface area contributed by atoms with Crippen LogP contribution in [0.1, 0.15) is 54.9 Å². The number of nitrogens with zero attached hydrogens (tertiary/aromatic N) is 1. The average Bonchev–Trinajstić information content (AvgIpc) is 2.75. The molecular weight excluding hydrogens is 480 g/mol. The molecule has 5 nitrogen and oxygen atoms in total. The first-order valence-electron chi connectivity index (χ1n) is 11.0. The molecule has 2 aromatic carbocycles. The van der Waals surface area contributed by atoms with E-state index in [-0.39, 0.29) is 5.56 Å². The van der Waals surface area contributed by atoms with Crippen molar-refractivity contribution in [2.75, 3.05) is 0 Å². The third-order valence-corrected chi connectivity index (χ3v) is 6.41. The number of pyridine rings is 1. The maximum absolute atomic E-state index is 13.4. The number of ether oxygens (including phenoxy) is 1. The second-order valence-electron chi connectivity index (χ2n) is 9.19. The summed E-state index contributed by atoms with van der Waals surface area (Å²) in [5.41, 5.74) is 4.12. The summed E-state index contributed by atoms with van der Waals surface area (Å²) in [6.45, 7) is 9.34. The molecule has 0 aliphatic heterocycles. The van der Waals surface area contributed by atoms with Gasteiger partial charge in [-0.15, -0.1) is 0 Å². The molecule has 33 heavy (non-hydrogen) atoms. The van der Waals surface area contributed by atoms with Crippen molar-refractivity contribution in [3.05, 3.63) is 103 Å². The van der Waals surface area contributed by atoms with Gasteiger partial charge in [-0.05, 0) is 79.2 Å². The van der Waals surface area contributed by atoms with Gasteiger partial charge in [-0.2, -0.15) is 0 Å². The van der Waals surface area contributed by atoms with E-state index in [4.69, 9.17) is 4.74 Å². The molecule has 0 aliphatic rings. The van der Waals surface area contributed by atoms with Crippen LogP contribution in [0, 0.1) is 13.8 Å². The Bertz CT molecular complexity index is 1170. The summed E-state index contributed by atoms with van der Waals surface area (Å²) in [5, 5.41) is 2.94. The molecule has 1 amide bonds. The normalized spacial score (nSPS) is 12.3. The Morgan fingerprint density at radius 3 is 2.09 bits per heavy atom. The summed E-state index contributed by atoms with van der Waals surface area (Å²) in [7, 11) is 0. The maximum Gasteiger partial charge on any atom is 0.409 e. The van der Waals surface area contributed by atoms with Crippen LogP contribution in [-0.2, 0) is 17.6 Å². The number of alkyl carbamates (subject to hydrolysis) is 1. The molecule has 3 rings (SSSR count). The minimum absolute atomic E-state index is 0.182. The number of amides is 1. The average molecular weight is 511 g/mol. The molecular formula is C27H31BrN2O3. The molecule has 1 unspecified atom stereocenters. The zero-order valence-corrected chi connectivity index (χ0v) is 21.4. The Hall–Kier alpha value is -2.86. The number of nitrogens with one attached hydrogen (secondary N) is 1. The van der Waals surface area contributed by atoms with Gasteiger partial charge in [0, 0.05) is 12.1 Å². The van der Waals surface area contributed by atoms with Crippen LogP contribution in [0.3, 0.4) is 0 Å². The highest BCUT2D eigenvalue weighted by molar-refractivity contribution is 9.10. The summed E-state index contributed by atoms with van der Waals surface area (Å²) in [4.78, 5) is 26.2. The summed E-state index contributed by atoms with van der Waals surface area (Å²) in [6, 6.07) is 19.9. The lowest BCUT2D eigenvalue weighted by Crippen LogP contribution is -2.43. The van der Waals surface area contributed by atoms with E-state index < -0.39 is 17.9 Å². The van der Waals surface area contributed by atoms with Crippen LogP contribution in [-0.4, -0.2) is 16.3 Å².